The Bertz CT molecular complexity index is 612. The first kappa shape index (κ1) is 11.7. The van der Waals surface area contributed by atoms with Crippen molar-refractivity contribution in [1.82, 2.24) is 4.98 Å². The lowest BCUT2D eigenvalue weighted by molar-refractivity contribution is 0.597. The second kappa shape index (κ2) is 4.25. The van der Waals surface area contributed by atoms with E-state index < -0.39 is 9.84 Å². The Kier molecular flexibility index (Phi) is 2.93. The Hall–Kier alpha value is -1.75. The molecule has 0 saturated heterocycles. The van der Waals surface area contributed by atoms with E-state index in [2.05, 4.69) is 4.98 Å². The fourth-order valence-electron chi connectivity index (χ4n) is 1.65. The summed E-state index contributed by atoms with van der Waals surface area (Å²) in [7, 11) is -3.21. The molecule has 1 aromatic carbocycles. The molecule has 4 nitrogen and oxygen atoms in total. The predicted molar refractivity (Wildman–Crippen MR) is 68.4 cm³/mol. The van der Waals surface area contributed by atoms with Gasteiger partial charge in [-0.3, -0.25) is 0 Å². The van der Waals surface area contributed by atoms with Crippen LogP contribution in [0.25, 0.3) is 11.3 Å². The van der Waals surface area contributed by atoms with Crippen LogP contribution in [0, 0.1) is 0 Å². The molecule has 0 bridgehead atoms. The molecule has 0 spiro atoms. The number of hydrogen-bond acceptors (Lipinski definition) is 3. The number of anilines is 1. The average Bonchev–Trinajstić information content (AvgIpc) is 2.80. The molecular formula is C12H14N2O2S. The first-order valence-corrected chi connectivity index (χ1v) is 6.96. The number of nitrogens with one attached hydrogen (secondary N) is 1. The molecule has 0 saturated carbocycles. The zero-order valence-corrected chi connectivity index (χ0v) is 10.3. The van der Waals surface area contributed by atoms with E-state index in [0.29, 0.717) is 16.3 Å². The van der Waals surface area contributed by atoms with Crippen molar-refractivity contribution < 1.29 is 8.42 Å². The van der Waals surface area contributed by atoms with E-state index >= 15 is 0 Å². The summed E-state index contributed by atoms with van der Waals surface area (Å²) in [6.07, 6.45) is 1.63. The third-order valence-electron chi connectivity index (χ3n) is 2.62. The van der Waals surface area contributed by atoms with E-state index in [1.165, 1.54) is 0 Å². The van der Waals surface area contributed by atoms with Gasteiger partial charge in [-0.05, 0) is 23.8 Å². The Labute approximate surface area is 100 Å². The highest BCUT2D eigenvalue weighted by Gasteiger charge is 2.18. The standard InChI is InChI=1S/C12H14N2O2S/c1-2-17(15,16)11-7-8-14-12(11)9-3-5-10(13)6-4-9/h3-8,14H,2,13H2,1H3. The van der Waals surface area contributed by atoms with Gasteiger partial charge < -0.3 is 10.7 Å². The van der Waals surface area contributed by atoms with Crippen LogP contribution >= 0.6 is 0 Å². The summed E-state index contributed by atoms with van der Waals surface area (Å²) in [4.78, 5) is 3.30. The summed E-state index contributed by atoms with van der Waals surface area (Å²) in [6, 6.07) is 8.69. The molecule has 1 aromatic heterocycles. The number of sulfone groups is 1. The van der Waals surface area contributed by atoms with Gasteiger partial charge in [0.05, 0.1) is 16.3 Å². The minimum absolute atomic E-state index is 0.0901. The number of rotatable bonds is 3. The van der Waals surface area contributed by atoms with Crippen molar-refractivity contribution in [2.24, 2.45) is 0 Å². The Morgan fingerprint density at radius 3 is 2.41 bits per heavy atom. The fraction of sp³-hybridized carbons (Fsp3) is 0.167. The van der Waals surface area contributed by atoms with Crippen LogP contribution in [-0.4, -0.2) is 19.2 Å². The topological polar surface area (TPSA) is 76.0 Å². The summed E-state index contributed by atoms with van der Waals surface area (Å²) in [6.45, 7) is 1.63. The van der Waals surface area contributed by atoms with Gasteiger partial charge in [0, 0.05) is 11.9 Å². The number of nitrogen functional groups attached to an aromatic ring is 1. The number of benzene rings is 1. The van der Waals surface area contributed by atoms with E-state index in [9.17, 15) is 8.42 Å². The van der Waals surface area contributed by atoms with Gasteiger partial charge in [-0.1, -0.05) is 19.1 Å². The minimum Gasteiger partial charge on any atom is -0.399 e. The Balaban J connectivity index is 2.55. The van der Waals surface area contributed by atoms with Crippen LogP contribution in [0.15, 0.2) is 41.4 Å². The lowest BCUT2D eigenvalue weighted by Gasteiger charge is -2.04. The van der Waals surface area contributed by atoms with Crippen molar-refractivity contribution in [3.63, 3.8) is 0 Å². The van der Waals surface area contributed by atoms with E-state index in [1.54, 1.807) is 43.5 Å². The average molecular weight is 250 g/mol. The van der Waals surface area contributed by atoms with Gasteiger partial charge in [0.25, 0.3) is 0 Å². The summed E-state index contributed by atoms with van der Waals surface area (Å²) < 4.78 is 23.8. The van der Waals surface area contributed by atoms with Gasteiger partial charge in [-0.15, -0.1) is 0 Å². The van der Waals surface area contributed by atoms with Crippen LogP contribution < -0.4 is 5.73 Å². The summed E-state index contributed by atoms with van der Waals surface area (Å²) in [5, 5.41) is 0. The maximum Gasteiger partial charge on any atom is 0.180 e. The number of hydrogen-bond donors (Lipinski definition) is 2. The number of aromatic nitrogens is 1. The van der Waals surface area contributed by atoms with Crippen LogP contribution in [0.3, 0.4) is 0 Å². The molecule has 3 N–H and O–H groups in total. The van der Waals surface area contributed by atoms with E-state index in [0.717, 1.165) is 5.56 Å². The monoisotopic (exact) mass is 250 g/mol. The number of H-pyrrole nitrogens is 1. The summed E-state index contributed by atoms with van der Waals surface area (Å²) in [5.74, 6) is 0.0901. The molecule has 0 aliphatic carbocycles. The number of aromatic amines is 1. The predicted octanol–water partition coefficient (Wildman–Crippen LogP) is 2.06. The third kappa shape index (κ3) is 2.19. The molecule has 2 rings (SSSR count). The lowest BCUT2D eigenvalue weighted by atomic mass is 10.1. The normalized spacial score (nSPS) is 11.6. The molecular weight excluding hydrogens is 236 g/mol. The van der Waals surface area contributed by atoms with Gasteiger partial charge >= 0.3 is 0 Å². The first-order chi connectivity index (χ1) is 8.04. The molecule has 2 aromatic rings. The molecule has 5 heteroatoms. The van der Waals surface area contributed by atoms with Gasteiger partial charge in [0.2, 0.25) is 0 Å². The molecule has 1 heterocycles. The van der Waals surface area contributed by atoms with E-state index in [1.807, 2.05) is 0 Å². The first-order valence-electron chi connectivity index (χ1n) is 5.30. The zero-order chi connectivity index (χ0) is 12.5. The largest absolute Gasteiger partial charge is 0.399 e. The molecule has 0 unspecified atom stereocenters. The molecule has 0 fully saturated rings. The second-order valence-corrected chi connectivity index (χ2v) is 5.99. The smallest absolute Gasteiger partial charge is 0.180 e. The van der Waals surface area contributed by atoms with Crippen molar-refractivity contribution in [3.8, 4) is 11.3 Å². The highest BCUT2D eigenvalue weighted by Crippen LogP contribution is 2.27. The van der Waals surface area contributed by atoms with Crippen molar-refractivity contribution >= 4 is 15.5 Å². The molecule has 0 radical (unpaired) electrons. The van der Waals surface area contributed by atoms with Crippen LogP contribution in [-0.2, 0) is 9.84 Å². The van der Waals surface area contributed by atoms with Gasteiger partial charge in [0.15, 0.2) is 9.84 Å². The maximum absolute atomic E-state index is 11.9. The maximum atomic E-state index is 11.9. The van der Waals surface area contributed by atoms with Crippen molar-refractivity contribution in [3.05, 3.63) is 36.5 Å². The lowest BCUT2D eigenvalue weighted by Crippen LogP contribution is -2.04. The molecule has 0 atom stereocenters. The molecule has 90 valence electrons. The van der Waals surface area contributed by atoms with E-state index in [4.69, 9.17) is 5.73 Å². The molecule has 0 amide bonds. The third-order valence-corrected chi connectivity index (χ3v) is 4.39. The molecule has 17 heavy (non-hydrogen) atoms. The zero-order valence-electron chi connectivity index (χ0n) is 9.47. The minimum atomic E-state index is -3.21. The summed E-state index contributed by atoms with van der Waals surface area (Å²) >= 11 is 0. The quantitative estimate of drug-likeness (QED) is 0.819. The summed E-state index contributed by atoms with van der Waals surface area (Å²) in [5.41, 5.74) is 7.69. The SMILES string of the molecule is CCS(=O)(=O)c1cc[nH]c1-c1ccc(N)cc1. The van der Waals surface area contributed by atoms with Crippen LogP contribution in [0.5, 0.6) is 0 Å². The van der Waals surface area contributed by atoms with Crippen LogP contribution in [0.1, 0.15) is 6.92 Å². The van der Waals surface area contributed by atoms with Crippen molar-refractivity contribution in [2.45, 2.75) is 11.8 Å². The van der Waals surface area contributed by atoms with Gasteiger partial charge in [-0.25, -0.2) is 8.42 Å². The molecule has 0 aliphatic rings. The fourth-order valence-corrected chi connectivity index (χ4v) is 2.72. The van der Waals surface area contributed by atoms with Crippen molar-refractivity contribution in [1.29, 1.82) is 0 Å². The van der Waals surface area contributed by atoms with Gasteiger partial charge in [-0.2, -0.15) is 0 Å². The Morgan fingerprint density at radius 2 is 1.82 bits per heavy atom. The molecule has 0 aliphatic heterocycles. The van der Waals surface area contributed by atoms with Crippen molar-refractivity contribution in [2.75, 3.05) is 11.5 Å². The van der Waals surface area contributed by atoms with Crippen LogP contribution in [0.4, 0.5) is 5.69 Å². The highest BCUT2D eigenvalue weighted by atomic mass is 32.2. The van der Waals surface area contributed by atoms with E-state index in [-0.39, 0.29) is 5.75 Å². The van der Waals surface area contributed by atoms with Gasteiger partial charge in [0.1, 0.15) is 0 Å². The Morgan fingerprint density at radius 1 is 1.18 bits per heavy atom. The highest BCUT2D eigenvalue weighted by molar-refractivity contribution is 7.91. The van der Waals surface area contributed by atoms with Crippen LogP contribution in [0.2, 0.25) is 0 Å². The number of nitrogens with two attached hydrogens (primary N) is 1. The second-order valence-electron chi connectivity index (χ2n) is 3.74.